The van der Waals surface area contributed by atoms with Gasteiger partial charge >= 0.3 is 0 Å². The molecule has 1 heterocycles. The van der Waals surface area contributed by atoms with Gasteiger partial charge in [0.1, 0.15) is 0 Å². The van der Waals surface area contributed by atoms with Crippen LogP contribution in [0.2, 0.25) is 0 Å². The monoisotopic (exact) mass is 246 g/mol. The molecule has 1 N–H and O–H groups in total. The first-order valence-corrected chi connectivity index (χ1v) is 7.27. The van der Waals surface area contributed by atoms with Crippen LogP contribution in [0.15, 0.2) is 24.3 Å². The lowest BCUT2D eigenvalue weighted by Gasteiger charge is -2.25. The van der Waals surface area contributed by atoms with Crippen molar-refractivity contribution >= 4 is 11.4 Å². The Labute approximate surface area is 111 Å². The quantitative estimate of drug-likeness (QED) is 0.840. The fourth-order valence-electron chi connectivity index (χ4n) is 2.86. The van der Waals surface area contributed by atoms with Crippen molar-refractivity contribution in [2.24, 2.45) is 5.92 Å². The van der Waals surface area contributed by atoms with Crippen LogP contribution in [0.3, 0.4) is 0 Å². The normalized spacial score (nSPS) is 17.2. The van der Waals surface area contributed by atoms with Gasteiger partial charge in [-0.2, -0.15) is 0 Å². The maximum atomic E-state index is 3.68. The second-order valence-corrected chi connectivity index (χ2v) is 5.89. The van der Waals surface area contributed by atoms with Gasteiger partial charge in [0.25, 0.3) is 0 Å². The van der Waals surface area contributed by atoms with Gasteiger partial charge in [-0.15, -0.1) is 0 Å². The largest absolute Gasteiger partial charge is 0.381 e. The molecule has 0 aliphatic carbocycles. The molecule has 18 heavy (non-hydrogen) atoms. The SMILES string of the molecule is CC(C)CC(C)Nc1ccccc1N1CCCC1. The minimum absolute atomic E-state index is 0.536. The van der Waals surface area contributed by atoms with Crippen molar-refractivity contribution in [3.05, 3.63) is 24.3 Å². The van der Waals surface area contributed by atoms with E-state index in [0.717, 1.165) is 5.92 Å². The minimum atomic E-state index is 0.536. The number of nitrogens with zero attached hydrogens (tertiary/aromatic N) is 1. The summed E-state index contributed by atoms with van der Waals surface area (Å²) in [5, 5.41) is 3.68. The Morgan fingerprint density at radius 1 is 1.11 bits per heavy atom. The van der Waals surface area contributed by atoms with Crippen LogP contribution in [-0.4, -0.2) is 19.1 Å². The zero-order valence-corrected chi connectivity index (χ0v) is 11.9. The topological polar surface area (TPSA) is 15.3 Å². The molecular weight excluding hydrogens is 220 g/mol. The van der Waals surface area contributed by atoms with E-state index in [-0.39, 0.29) is 0 Å². The lowest BCUT2D eigenvalue weighted by molar-refractivity contribution is 0.540. The summed E-state index contributed by atoms with van der Waals surface area (Å²) in [6.07, 6.45) is 3.88. The van der Waals surface area contributed by atoms with E-state index in [9.17, 15) is 0 Å². The molecule has 0 amide bonds. The predicted octanol–water partition coefficient (Wildman–Crippen LogP) is 4.13. The molecule has 1 atom stereocenters. The van der Waals surface area contributed by atoms with E-state index in [2.05, 4.69) is 55.3 Å². The molecule has 1 aliphatic heterocycles. The average molecular weight is 246 g/mol. The first-order chi connectivity index (χ1) is 8.66. The number of nitrogens with one attached hydrogen (secondary N) is 1. The molecule has 0 aromatic heterocycles. The Morgan fingerprint density at radius 2 is 1.78 bits per heavy atom. The zero-order valence-electron chi connectivity index (χ0n) is 11.9. The first kappa shape index (κ1) is 13.3. The second kappa shape index (κ2) is 6.12. The maximum Gasteiger partial charge on any atom is 0.0602 e. The molecule has 0 radical (unpaired) electrons. The highest BCUT2D eigenvalue weighted by Gasteiger charge is 2.16. The Bertz CT molecular complexity index is 367. The van der Waals surface area contributed by atoms with Crippen LogP contribution >= 0.6 is 0 Å². The Kier molecular flexibility index (Phi) is 4.51. The molecule has 1 saturated heterocycles. The van der Waals surface area contributed by atoms with Crippen molar-refractivity contribution in [3.8, 4) is 0 Å². The predicted molar refractivity (Wildman–Crippen MR) is 80.4 cm³/mol. The van der Waals surface area contributed by atoms with Gasteiger partial charge in [-0.05, 0) is 44.2 Å². The summed E-state index contributed by atoms with van der Waals surface area (Å²) in [5.41, 5.74) is 2.68. The van der Waals surface area contributed by atoms with Crippen LogP contribution in [0.5, 0.6) is 0 Å². The van der Waals surface area contributed by atoms with Crippen LogP contribution in [0.4, 0.5) is 11.4 Å². The first-order valence-electron chi connectivity index (χ1n) is 7.27. The van der Waals surface area contributed by atoms with E-state index in [1.165, 1.54) is 43.7 Å². The molecule has 0 saturated carbocycles. The standard InChI is InChI=1S/C16H26N2/c1-13(2)12-14(3)17-15-8-4-5-9-16(15)18-10-6-7-11-18/h4-5,8-9,13-14,17H,6-7,10-12H2,1-3H3. The van der Waals surface area contributed by atoms with Gasteiger partial charge in [0, 0.05) is 19.1 Å². The number of benzene rings is 1. The van der Waals surface area contributed by atoms with Crippen molar-refractivity contribution < 1.29 is 0 Å². The minimum Gasteiger partial charge on any atom is -0.381 e. The molecule has 2 nitrogen and oxygen atoms in total. The third kappa shape index (κ3) is 3.41. The van der Waals surface area contributed by atoms with Gasteiger partial charge in [-0.25, -0.2) is 0 Å². The number of hydrogen-bond donors (Lipinski definition) is 1. The Hall–Kier alpha value is -1.18. The van der Waals surface area contributed by atoms with Crippen LogP contribution in [0.25, 0.3) is 0 Å². The van der Waals surface area contributed by atoms with Gasteiger partial charge in [0.15, 0.2) is 0 Å². The van der Waals surface area contributed by atoms with Crippen LogP contribution in [0.1, 0.15) is 40.0 Å². The van der Waals surface area contributed by atoms with Crippen molar-refractivity contribution in [3.63, 3.8) is 0 Å². The summed E-state index contributed by atoms with van der Waals surface area (Å²) >= 11 is 0. The van der Waals surface area contributed by atoms with Crippen LogP contribution in [0, 0.1) is 5.92 Å². The fourth-order valence-corrected chi connectivity index (χ4v) is 2.86. The molecule has 1 fully saturated rings. The lowest BCUT2D eigenvalue weighted by Crippen LogP contribution is -2.22. The number of rotatable bonds is 5. The van der Waals surface area contributed by atoms with Gasteiger partial charge in [0.05, 0.1) is 11.4 Å². The van der Waals surface area contributed by atoms with Crippen molar-refractivity contribution in [1.29, 1.82) is 0 Å². The summed E-state index contributed by atoms with van der Waals surface area (Å²) in [7, 11) is 0. The molecule has 1 unspecified atom stereocenters. The molecule has 1 aliphatic rings. The molecule has 0 bridgehead atoms. The Morgan fingerprint density at radius 3 is 2.44 bits per heavy atom. The third-order valence-electron chi connectivity index (χ3n) is 3.58. The molecule has 2 rings (SSSR count). The Balaban J connectivity index is 2.07. The highest BCUT2D eigenvalue weighted by Crippen LogP contribution is 2.29. The maximum absolute atomic E-state index is 3.68. The number of hydrogen-bond acceptors (Lipinski definition) is 2. The van der Waals surface area contributed by atoms with E-state index < -0.39 is 0 Å². The van der Waals surface area contributed by atoms with Gasteiger partial charge in [-0.3, -0.25) is 0 Å². The molecular formula is C16H26N2. The zero-order chi connectivity index (χ0) is 13.0. The van der Waals surface area contributed by atoms with Crippen LogP contribution < -0.4 is 10.2 Å². The lowest BCUT2D eigenvalue weighted by atomic mass is 10.0. The highest BCUT2D eigenvalue weighted by atomic mass is 15.2. The average Bonchev–Trinajstić information content (AvgIpc) is 2.81. The van der Waals surface area contributed by atoms with E-state index in [1.807, 2.05) is 0 Å². The van der Waals surface area contributed by atoms with Gasteiger partial charge in [0.2, 0.25) is 0 Å². The summed E-state index contributed by atoms with van der Waals surface area (Å²) in [4.78, 5) is 2.50. The second-order valence-electron chi connectivity index (χ2n) is 5.89. The molecule has 2 heteroatoms. The van der Waals surface area contributed by atoms with Crippen LogP contribution in [-0.2, 0) is 0 Å². The van der Waals surface area contributed by atoms with Crippen molar-refractivity contribution in [1.82, 2.24) is 0 Å². The van der Waals surface area contributed by atoms with E-state index in [0.29, 0.717) is 6.04 Å². The molecule has 100 valence electrons. The van der Waals surface area contributed by atoms with E-state index in [1.54, 1.807) is 0 Å². The van der Waals surface area contributed by atoms with Crippen molar-refractivity contribution in [2.75, 3.05) is 23.3 Å². The van der Waals surface area contributed by atoms with Gasteiger partial charge in [-0.1, -0.05) is 26.0 Å². The number of para-hydroxylation sites is 2. The molecule has 1 aromatic carbocycles. The fraction of sp³-hybridized carbons (Fsp3) is 0.625. The summed E-state index contributed by atoms with van der Waals surface area (Å²) in [5.74, 6) is 0.742. The highest BCUT2D eigenvalue weighted by molar-refractivity contribution is 5.70. The van der Waals surface area contributed by atoms with Crippen molar-refractivity contribution in [2.45, 2.75) is 46.1 Å². The third-order valence-corrected chi connectivity index (χ3v) is 3.58. The summed E-state index contributed by atoms with van der Waals surface area (Å²) < 4.78 is 0. The summed E-state index contributed by atoms with van der Waals surface area (Å²) in [6.45, 7) is 9.25. The van der Waals surface area contributed by atoms with E-state index >= 15 is 0 Å². The molecule has 1 aromatic rings. The molecule has 0 spiro atoms. The van der Waals surface area contributed by atoms with Gasteiger partial charge < -0.3 is 10.2 Å². The summed E-state index contributed by atoms with van der Waals surface area (Å²) in [6, 6.07) is 9.27. The smallest absolute Gasteiger partial charge is 0.0602 e. The number of anilines is 2. The van der Waals surface area contributed by atoms with E-state index in [4.69, 9.17) is 0 Å².